The minimum absolute atomic E-state index is 0.147. The summed E-state index contributed by atoms with van der Waals surface area (Å²) in [7, 11) is 0. The van der Waals surface area contributed by atoms with Gasteiger partial charge in [-0.1, -0.05) is 17.7 Å². The standard InChI is InChI=1S/C15H23ClN2S/c1-11(17)8-12-4-5-13(9-14(12)16)18-6-7-19-15(2,3)10-18/h4-5,9,11H,6-8,10,17H2,1-3H3. The van der Waals surface area contributed by atoms with Gasteiger partial charge < -0.3 is 10.6 Å². The average molecular weight is 299 g/mol. The van der Waals surface area contributed by atoms with E-state index in [0.29, 0.717) is 4.75 Å². The summed E-state index contributed by atoms with van der Waals surface area (Å²) in [6.45, 7) is 8.78. The zero-order chi connectivity index (χ0) is 14.0. The van der Waals surface area contributed by atoms with Gasteiger partial charge in [0, 0.05) is 40.3 Å². The van der Waals surface area contributed by atoms with Gasteiger partial charge in [-0.15, -0.1) is 0 Å². The van der Waals surface area contributed by atoms with Crippen molar-refractivity contribution >= 4 is 29.1 Å². The van der Waals surface area contributed by atoms with E-state index in [4.69, 9.17) is 17.3 Å². The molecule has 1 aliphatic rings. The van der Waals surface area contributed by atoms with Crippen LogP contribution in [0.1, 0.15) is 26.3 Å². The molecule has 2 N–H and O–H groups in total. The van der Waals surface area contributed by atoms with Crippen molar-refractivity contribution in [3.8, 4) is 0 Å². The van der Waals surface area contributed by atoms with Crippen molar-refractivity contribution in [2.24, 2.45) is 5.73 Å². The van der Waals surface area contributed by atoms with Crippen LogP contribution in [-0.2, 0) is 6.42 Å². The normalized spacial score (nSPS) is 20.4. The van der Waals surface area contributed by atoms with E-state index in [-0.39, 0.29) is 6.04 Å². The molecule has 0 aromatic heterocycles. The Morgan fingerprint density at radius 2 is 2.21 bits per heavy atom. The molecular formula is C15H23ClN2S. The summed E-state index contributed by atoms with van der Waals surface area (Å²) in [5, 5.41) is 0.839. The Morgan fingerprint density at radius 1 is 1.47 bits per heavy atom. The first-order chi connectivity index (χ1) is 8.87. The first kappa shape index (κ1) is 15.0. The van der Waals surface area contributed by atoms with Gasteiger partial charge >= 0.3 is 0 Å². The Kier molecular flexibility index (Phi) is 4.70. The lowest BCUT2D eigenvalue weighted by Crippen LogP contribution is -2.43. The lowest BCUT2D eigenvalue weighted by atomic mass is 10.1. The van der Waals surface area contributed by atoms with Gasteiger partial charge in [-0.05, 0) is 44.9 Å². The first-order valence-electron chi connectivity index (χ1n) is 6.80. The van der Waals surface area contributed by atoms with Crippen molar-refractivity contribution in [2.75, 3.05) is 23.7 Å². The van der Waals surface area contributed by atoms with Gasteiger partial charge in [0.2, 0.25) is 0 Å². The van der Waals surface area contributed by atoms with Gasteiger partial charge in [0.05, 0.1) is 0 Å². The van der Waals surface area contributed by atoms with Crippen LogP contribution >= 0.6 is 23.4 Å². The molecule has 4 heteroatoms. The van der Waals surface area contributed by atoms with Gasteiger partial charge in [0.1, 0.15) is 0 Å². The molecule has 2 nitrogen and oxygen atoms in total. The number of hydrogen-bond donors (Lipinski definition) is 1. The van der Waals surface area contributed by atoms with Gasteiger partial charge in [0.15, 0.2) is 0 Å². The zero-order valence-corrected chi connectivity index (χ0v) is 13.5. The van der Waals surface area contributed by atoms with Crippen LogP contribution in [0, 0.1) is 0 Å². The van der Waals surface area contributed by atoms with Gasteiger partial charge in [0.25, 0.3) is 0 Å². The van der Waals surface area contributed by atoms with Crippen LogP contribution in [0.25, 0.3) is 0 Å². The second kappa shape index (κ2) is 5.94. The maximum absolute atomic E-state index is 6.38. The van der Waals surface area contributed by atoms with E-state index in [1.165, 1.54) is 11.4 Å². The maximum atomic E-state index is 6.38. The van der Waals surface area contributed by atoms with E-state index in [1.807, 2.05) is 18.7 Å². The number of benzene rings is 1. The molecule has 1 unspecified atom stereocenters. The minimum Gasteiger partial charge on any atom is -0.369 e. The second-order valence-corrected chi connectivity index (χ2v) is 8.20. The molecule has 1 aromatic rings. The van der Waals surface area contributed by atoms with E-state index in [0.717, 1.165) is 30.1 Å². The number of nitrogens with zero attached hydrogens (tertiary/aromatic N) is 1. The van der Waals surface area contributed by atoms with Crippen molar-refractivity contribution in [1.82, 2.24) is 0 Å². The number of hydrogen-bond acceptors (Lipinski definition) is 3. The third-order valence-corrected chi connectivity index (χ3v) is 5.02. The fourth-order valence-electron chi connectivity index (χ4n) is 2.48. The molecule has 1 aliphatic heterocycles. The molecule has 0 aliphatic carbocycles. The number of rotatable bonds is 3. The lowest BCUT2D eigenvalue weighted by molar-refractivity contribution is 0.647. The molecule has 1 aromatic carbocycles. The summed E-state index contributed by atoms with van der Waals surface area (Å²) in [4.78, 5) is 2.43. The fraction of sp³-hybridized carbons (Fsp3) is 0.600. The van der Waals surface area contributed by atoms with Crippen LogP contribution in [0.2, 0.25) is 5.02 Å². The largest absolute Gasteiger partial charge is 0.369 e. The van der Waals surface area contributed by atoms with E-state index in [1.54, 1.807) is 0 Å². The zero-order valence-electron chi connectivity index (χ0n) is 11.9. The summed E-state index contributed by atoms with van der Waals surface area (Å²) < 4.78 is 0.315. The Morgan fingerprint density at radius 3 is 2.79 bits per heavy atom. The maximum Gasteiger partial charge on any atom is 0.0459 e. The van der Waals surface area contributed by atoms with Crippen molar-refractivity contribution in [3.63, 3.8) is 0 Å². The molecule has 0 spiro atoms. The number of nitrogens with two attached hydrogens (primary N) is 1. The SMILES string of the molecule is CC(N)Cc1ccc(N2CCSC(C)(C)C2)cc1Cl. The summed E-state index contributed by atoms with van der Waals surface area (Å²) in [6, 6.07) is 6.53. The molecule has 0 amide bonds. The molecular weight excluding hydrogens is 276 g/mol. The van der Waals surface area contributed by atoms with Crippen LogP contribution < -0.4 is 10.6 Å². The monoisotopic (exact) mass is 298 g/mol. The smallest absolute Gasteiger partial charge is 0.0459 e. The Hall–Kier alpha value is -0.380. The van der Waals surface area contributed by atoms with Crippen LogP contribution in [-0.4, -0.2) is 29.6 Å². The molecule has 1 heterocycles. The average Bonchev–Trinajstić information content (AvgIpc) is 2.30. The van der Waals surface area contributed by atoms with E-state index >= 15 is 0 Å². The Bertz CT molecular complexity index is 446. The van der Waals surface area contributed by atoms with Crippen molar-refractivity contribution < 1.29 is 0 Å². The quantitative estimate of drug-likeness (QED) is 0.925. The predicted molar refractivity (Wildman–Crippen MR) is 87.6 cm³/mol. The van der Waals surface area contributed by atoms with E-state index in [2.05, 4.69) is 36.9 Å². The summed E-state index contributed by atoms with van der Waals surface area (Å²) in [5.74, 6) is 1.17. The van der Waals surface area contributed by atoms with Gasteiger partial charge in [-0.25, -0.2) is 0 Å². The molecule has 2 rings (SSSR count). The molecule has 0 bridgehead atoms. The molecule has 1 atom stereocenters. The predicted octanol–water partition coefficient (Wildman–Crippen LogP) is 3.56. The van der Waals surface area contributed by atoms with Crippen LogP contribution in [0.3, 0.4) is 0 Å². The van der Waals surface area contributed by atoms with Crippen LogP contribution in [0.5, 0.6) is 0 Å². The fourth-order valence-corrected chi connectivity index (χ4v) is 3.85. The van der Waals surface area contributed by atoms with Gasteiger partial charge in [-0.2, -0.15) is 11.8 Å². The molecule has 19 heavy (non-hydrogen) atoms. The third kappa shape index (κ3) is 4.04. The highest BCUT2D eigenvalue weighted by Crippen LogP contribution is 2.33. The number of anilines is 1. The van der Waals surface area contributed by atoms with Crippen LogP contribution in [0.4, 0.5) is 5.69 Å². The first-order valence-corrected chi connectivity index (χ1v) is 8.17. The van der Waals surface area contributed by atoms with E-state index < -0.39 is 0 Å². The molecule has 106 valence electrons. The highest BCUT2D eigenvalue weighted by molar-refractivity contribution is 8.00. The summed E-state index contributed by atoms with van der Waals surface area (Å²) in [5.41, 5.74) is 8.21. The molecule has 0 saturated carbocycles. The number of halogens is 1. The highest BCUT2D eigenvalue weighted by Gasteiger charge is 2.27. The van der Waals surface area contributed by atoms with E-state index in [9.17, 15) is 0 Å². The topological polar surface area (TPSA) is 29.3 Å². The summed E-state index contributed by atoms with van der Waals surface area (Å²) >= 11 is 8.42. The van der Waals surface area contributed by atoms with Gasteiger partial charge in [-0.3, -0.25) is 0 Å². The third-order valence-electron chi connectivity index (χ3n) is 3.37. The number of thioether (sulfide) groups is 1. The lowest BCUT2D eigenvalue weighted by Gasteiger charge is -2.39. The molecule has 0 radical (unpaired) electrons. The van der Waals surface area contributed by atoms with Crippen molar-refractivity contribution in [3.05, 3.63) is 28.8 Å². The second-order valence-electron chi connectivity index (χ2n) is 5.99. The molecule has 1 fully saturated rings. The Balaban J connectivity index is 2.15. The summed E-state index contributed by atoms with van der Waals surface area (Å²) in [6.07, 6.45) is 0.834. The minimum atomic E-state index is 0.147. The van der Waals surface area contributed by atoms with Crippen molar-refractivity contribution in [2.45, 2.75) is 38.0 Å². The highest BCUT2D eigenvalue weighted by atomic mass is 35.5. The van der Waals surface area contributed by atoms with Crippen molar-refractivity contribution in [1.29, 1.82) is 0 Å². The van der Waals surface area contributed by atoms with Crippen LogP contribution in [0.15, 0.2) is 18.2 Å². The Labute approximate surface area is 125 Å². The molecule has 1 saturated heterocycles.